The zero-order valence-electron chi connectivity index (χ0n) is 8.51. The van der Waals surface area contributed by atoms with Crippen LogP contribution in [-0.4, -0.2) is 29.5 Å². The molecule has 86 valence electrons. The van der Waals surface area contributed by atoms with Gasteiger partial charge in [0.2, 0.25) is 5.41 Å². The van der Waals surface area contributed by atoms with Crippen LogP contribution in [0.2, 0.25) is 0 Å². The molecule has 0 aromatic rings. The maximum Gasteiger partial charge on any atom is 0.326 e. The van der Waals surface area contributed by atoms with Crippen LogP contribution < -0.4 is 0 Å². The van der Waals surface area contributed by atoms with Gasteiger partial charge in [0.25, 0.3) is 0 Å². The Balaban J connectivity index is 2.83. The number of esters is 2. The molecular formula is C9H12Cl2O4. The highest BCUT2D eigenvalue weighted by atomic mass is 35.5. The van der Waals surface area contributed by atoms with Crippen LogP contribution in [0.5, 0.6) is 0 Å². The van der Waals surface area contributed by atoms with Crippen molar-refractivity contribution in [1.29, 1.82) is 0 Å². The van der Waals surface area contributed by atoms with Gasteiger partial charge in [0, 0.05) is 6.42 Å². The number of alkyl halides is 2. The summed E-state index contributed by atoms with van der Waals surface area (Å²) in [5.74, 6) is -1.43. The minimum Gasteiger partial charge on any atom is -0.465 e. The summed E-state index contributed by atoms with van der Waals surface area (Å²) in [6, 6.07) is 0. The molecule has 0 saturated heterocycles. The fraction of sp³-hybridized carbons (Fsp3) is 0.778. The van der Waals surface area contributed by atoms with E-state index in [1.54, 1.807) is 13.8 Å². The molecule has 0 unspecified atom stereocenters. The molecule has 0 aliphatic heterocycles. The number of carbonyl (C=O) groups is 2. The number of halogens is 2. The largest absolute Gasteiger partial charge is 0.465 e. The van der Waals surface area contributed by atoms with Crippen LogP contribution in [0.1, 0.15) is 20.3 Å². The molecule has 0 spiro atoms. The number of ether oxygens (including phenoxy) is 2. The van der Waals surface area contributed by atoms with Gasteiger partial charge in [0.15, 0.2) is 0 Å². The summed E-state index contributed by atoms with van der Waals surface area (Å²) in [7, 11) is 0. The predicted octanol–water partition coefficient (Wildman–Crippen LogP) is 1.68. The highest BCUT2D eigenvalue weighted by Gasteiger charge is 2.78. The standard InChI is InChI=1S/C9H12Cl2O4/c1-3-14-6(12)8(5-9(8,10)11)7(13)15-4-2/h3-5H2,1-2H3. The van der Waals surface area contributed by atoms with Gasteiger partial charge in [-0.1, -0.05) is 23.2 Å². The summed E-state index contributed by atoms with van der Waals surface area (Å²) in [4.78, 5) is 23.1. The lowest BCUT2D eigenvalue weighted by Crippen LogP contribution is -2.34. The molecule has 0 atom stereocenters. The van der Waals surface area contributed by atoms with Gasteiger partial charge in [0.1, 0.15) is 4.33 Å². The molecule has 1 rings (SSSR count). The third kappa shape index (κ3) is 1.93. The molecule has 0 aromatic carbocycles. The summed E-state index contributed by atoms with van der Waals surface area (Å²) in [6.45, 7) is 3.63. The van der Waals surface area contributed by atoms with E-state index in [0.717, 1.165) is 0 Å². The first-order chi connectivity index (χ1) is 6.92. The molecule has 0 amide bonds. The van der Waals surface area contributed by atoms with Crippen molar-refractivity contribution < 1.29 is 19.1 Å². The molecule has 1 aliphatic carbocycles. The third-order valence-corrected chi connectivity index (χ3v) is 3.15. The Hall–Kier alpha value is -0.480. The number of hydrogen-bond donors (Lipinski definition) is 0. The second kappa shape index (κ2) is 4.18. The van der Waals surface area contributed by atoms with Gasteiger partial charge in [-0.25, -0.2) is 0 Å². The van der Waals surface area contributed by atoms with Crippen molar-refractivity contribution in [1.82, 2.24) is 0 Å². The Labute approximate surface area is 97.8 Å². The Morgan fingerprint density at radius 1 is 1.13 bits per heavy atom. The first kappa shape index (κ1) is 12.6. The van der Waals surface area contributed by atoms with E-state index < -0.39 is 21.7 Å². The molecule has 15 heavy (non-hydrogen) atoms. The van der Waals surface area contributed by atoms with Crippen LogP contribution in [0.4, 0.5) is 0 Å². The van der Waals surface area contributed by atoms with Crippen LogP contribution >= 0.6 is 23.2 Å². The zero-order chi connectivity index (χ0) is 11.7. The van der Waals surface area contributed by atoms with Gasteiger partial charge >= 0.3 is 11.9 Å². The van der Waals surface area contributed by atoms with Crippen LogP contribution in [0, 0.1) is 5.41 Å². The molecule has 0 aromatic heterocycles. The minimum absolute atomic E-state index is 0.0424. The number of hydrogen-bond acceptors (Lipinski definition) is 4. The SMILES string of the molecule is CCOC(=O)C1(C(=O)OCC)CC1(Cl)Cl. The fourth-order valence-electron chi connectivity index (χ4n) is 1.32. The predicted molar refractivity (Wildman–Crippen MR) is 54.8 cm³/mol. The van der Waals surface area contributed by atoms with Gasteiger partial charge < -0.3 is 9.47 Å². The fourth-order valence-corrected chi connectivity index (χ4v) is 2.03. The van der Waals surface area contributed by atoms with Crippen molar-refractivity contribution in [3.05, 3.63) is 0 Å². The highest BCUT2D eigenvalue weighted by Crippen LogP contribution is 2.65. The van der Waals surface area contributed by atoms with E-state index in [4.69, 9.17) is 32.7 Å². The van der Waals surface area contributed by atoms with Gasteiger partial charge in [-0.05, 0) is 13.8 Å². The van der Waals surface area contributed by atoms with Crippen molar-refractivity contribution in [2.75, 3.05) is 13.2 Å². The zero-order valence-corrected chi connectivity index (χ0v) is 10.0. The second-order valence-electron chi connectivity index (χ2n) is 3.23. The smallest absolute Gasteiger partial charge is 0.326 e. The Morgan fingerprint density at radius 2 is 1.47 bits per heavy atom. The molecule has 1 saturated carbocycles. The average Bonchev–Trinajstić information content (AvgIpc) is 2.72. The molecule has 4 nitrogen and oxygen atoms in total. The van der Waals surface area contributed by atoms with E-state index in [1.807, 2.05) is 0 Å². The highest BCUT2D eigenvalue weighted by molar-refractivity contribution is 6.55. The van der Waals surface area contributed by atoms with Crippen molar-refractivity contribution in [3.63, 3.8) is 0 Å². The van der Waals surface area contributed by atoms with E-state index in [-0.39, 0.29) is 19.6 Å². The molecule has 0 N–H and O–H groups in total. The van der Waals surface area contributed by atoms with E-state index >= 15 is 0 Å². The maximum atomic E-state index is 11.6. The first-order valence-electron chi connectivity index (χ1n) is 4.64. The van der Waals surface area contributed by atoms with Crippen LogP contribution in [0.15, 0.2) is 0 Å². The minimum atomic E-state index is -1.53. The average molecular weight is 255 g/mol. The quantitative estimate of drug-likeness (QED) is 0.435. The van der Waals surface area contributed by atoms with E-state index in [9.17, 15) is 9.59 Å². The Kier molecular flexibility index (Phi) is 3.51. The lowest BCUT2D eigenvalue weighted by atomic mass is 10.1. The van der Waals surface area contributed by atoms with Gasteiger partial charge in [0.05, 0.1) is 13.2 Å². The van der Waals surface area contributed by atoms with Crippen molar-refractivity contribution in [2.45, 2.75) is 24.6 Å². The second-order valence-corrected chi connectivity index (χ2v) is 4.71. The monoisotopic (exact) mass is 254 g/mol. The van der Waals surface area contributed by atoms with Gasteiger partial charge in [-0.2, -0.15) is 0 Å². The van der Waals surface area contributed by atoms with Crippen LogP contribution in [0.25, 0.3) is 0 Å². The lowest BCUT2D eigenvalue weighted by molar-refractivity contribution is -0.164. The molecule has 6 heteroatoms. The Bertz CT molecular complexity index is 270. The van der Waals surface area contributed by atoms with E-state index in [0.29, 0.717) is 0 Å². The molecule has 1 fully saturated rings. The van der Waals surface area contributed by atoms with E-state index in [2.05, 4.69) is 0 Å². The topological polar surface area (TPSA) is 52.6 Å². The van der Waals surface area contributed by atoms with Crippen LogP contribution in [0.3, 0.4) is 0 Å². The molecular weight excluding hydrogens is 243 g/mol. The molecule has 1 aliphatic rings. The van der Waals surface area contributed by atoms with Crippen molar-refractivity contribution >= 4 is 35.1 Å². The molecule has 0 heterocycles. The Morgan fingerprint density at radius 3 is 1.67 bits per heavy atom. The van der Waals surface area contributed by atoms with Crippen molar-refractivity contribution in [2.24, 2.45) is 5.41 Å². The van der Waals surface area contributed by atoms with Gasteiger partial charge in [-0.3, -0.25) is 9.59 Å². The summed E-state index contributed by atoms with van der Waals surface area (Å²) >= 11 is 11.6. The number of rotatable bonds is 4. The molecule has 0 bridgehead atoms. The third-order valence-electron chi connectivity index (χ3n) is 2.23. The summed E-state index contributed by atoms with van der Waals surface area (Å²) < 4.78 is 8.13. The van der Waals surface area contributed by atoms with Gasteiger partial charge in [-0.15, -0.1) is 0 Å². The van der Waals surface area contributed by atoms with Crippen LogP contribution in [-0.2, 0) is 19.1 Å². The van der Waals surface area contributed by atoms with E-state index in [1.165, 1.54) is 0 Å². The van der Waals surface area contributed by atoms with Crippen molar-refractivity contribution in [3.8, 4) is 0 Å². The summed E-state index contributed by atoms with van der Waals surface area (Å²) in [5, 5.41) is 0. The number of carbonyl (C=O) groups excluding carboxylic acids is 2. The summed E-state index contributed by atoms with van der Waals surface area (Å²) in [6.07, 6.45) is 0.0424. The summed E-state index contributed by atoms with van der Waals surface area (Å²) in [5.41, 5.74) is -1.53. The normalized spacial score (nSPS) is 20.5. The molecule has 0 radical (unpaired) electrons. The lowest BCUT2D eigenvalue weighted by Gasteiger charge is -2.14. The first-order valence-corrected chi connectivity index (χ1v) is 5.40. The maximum absolute atomic E-state index is 11.6.